The SMILES string of the molecule is CC1(C)Oc2cc([N+](=O)[O-])sc2C(Nc2ccc([N+](=O)[O-])cc2)C1O. The zero-order chi connectivity index (χ0) is 18.4. The van der Waals surface area contributed by atoms with Crippen molar-refractivity contribution >= 4 is 27.7 Å². The van der Waals surface area contributed by atoms with Crippen LogP contribution in [0.25, 0.3) is 0 Å². The number of hydrogen-bond acceptors (Lipinski definition) is 8. The fourth-order valence-corrected chi connectivity index (χ4v) is 3.64. The topological polar surface area (TPSA) is 128 Å². The number of aliphatic hydroxyl groups is 1. The lowest BCUT2D eigenvalue weighted by atomic mass is 9.90. The molecule has 3 rings (SSSR count). The molecule has 132 valence electrons. The van der Waals surface area contributed by atoms with Crippen molar-refractivity contribution in [3.63, 3.8) is 0 Å². The number of hydrogen-bond donors (Lipinski definition) is 2. The van der Waals surface area contributed by atoms with Crippen LogP contribution in [0.4, 0.5) is 16.4 Å². The number of non-ortho nitro benzene ring substituents is 1. The summed E-state index contributed by atoms with van der Waals surface area (Å²) >= 11 is 0.929. The van der Waals surface area contributed by atoms with Crippen LogP contribution in [0, 0.1) is 20.2 Å². The van der Waals surface area contributed by atoms with E-state index in [9.17, 15) is 25.3 Å². The number of fused-ring (bicyclic) bond motifs is 1. The summed E-state index contributed by atoms with van der Waals surface area (Å²) < 4.78 is 5.71. The normalized spacial score (nSPS) is 21.1. The molecule has 2 unspecified atom stereocenters. The van der Waals surface area contributed by atoms with Crippen molar-refractivity contribution < 1.29 is 19.7 Å². The van der Waals surface area contributed by atoms with Crippen LogP contribution in [0.5, 0.6) is 5.75 Å². The molecule has 2 aromatic rings. The highest BCUT2D eigenvalue weighted by Gasteiger charge is 2.45. The molecule has 25 heavy (non-hydrogen) atoms. The van der Waals surface area contributed by atoms with Crippen LogP contribution in [-0.4, -0.2) is 26.7 Å². The van der Waals surface area contributed by atoms with Crippen LogP contribution in [0.1, 0.15) is 24.8 Å². The van der Waals surface area contributed by atoms with E-state index in [2.05, 4.69) is 5.32 Å². The van der Waals surface area contributed by atoms with Gasteiger partial charge < -0.3 is 15.2 Å². The minimum atomic E-state index is -0.978. The predicted octanol–water partition coefficient (Wildman–Crippen LogP) is 3.25. The summed E-state index contributed by atoms with van der Waals surface area (Å²) in [5.74, 6) is 0.353. The quantitative estimate of drug-likeness (QED) is 0.628. The Morgan fingerprint density at radius 1 is 1.20 bits per heavy atom. The number of ether oxygens (including phenoxy) is 1. The second-order valence-electron chi connectivity index (χ2n) is 6.15. The van der Waals surface area contributed by atoms with Crippen LogP contribution in [0.15, 0.2) is 30.3 Å². The lowest BCUT2D eigenvalue weighted by molar-refractivity contribution is -0.384. The van der Waals surface area contributed by atoms with Crippen LogP contribution in [0.2, 0.25) is 0 Å². The largest absolute Gasteiger partial charge is 0.484 e. The summed E-state index contributed by atoms with van der Waals surface area (Å²) in [6, 6.07) is 6.44. The summed E-state index contributed by atoms with van der Waals surface area (Å²) in [7, 11) is 0. The van der Waals surface area contributed by atoms with Crippen LogP contribution in [0.3, 0.4) is 0 Å². The molecule has 1 aromatic heterocycles. The third-order valence-corrected chi connectivity index (χ3v) is 5.13. The number of nitrogens with zero attached hydrogens (tertiary/aromatic N) is 2. The van der Waals surface area contributed by atoms with Gasteiger partial charge in [0, 0.05) is 17.8 Å². The molecule has 0 aliphatic carbocycles. The maximum atomic E-state index is 11.0. The van der Waals surface area contributed by atoms with Crippen molar-refractivity contribution in [1.82, 2.24) is 0 Å². The summed E-state index contributed by atoms with van der Waals surface area (Å²) in [6.45, 7) is 3.38. The van der Waals surface area contributed by atoms with E-state index in [-0.39, 0.29) is 10.7 Å². The number of nitro benzene ring substituents is 1. The first-order chi connectivity index (χ1) is 11.7. The lowest BCUT2D eigenvalue weighted by Gasteiger charge is -2.41. The molecule has 0 radical (unpaired) electrons. The van der Waals surface area contributed by atoms with Crippen LogP contribution < -0.4 is 10.1 Å². The van der Waals surface area contributed by atoms with Crippen molar-refractivity contribution in [3.05, 3.63) is 55.4 Å². The maximum absolute atomic E-state index is 11.0. The molecule has 10 heteroatoms. The molecule has 2 heterocycles. The van der Waals surface area contributed by atoms with E-state index in [1.807, 2.05) is 0 Å². The number of nitrogens with one attached hydrogen (secondary N) is 1. The third kappa shape index (κ3) is 3.13. The van der Waals surface area contributed by atoms with E-state index in [0.29, 0.717) is 16.3 Å². The van der Waals surface area contributed by atoms with Gasteiger partial charge in [0.15, 0.2) is 0 Å². The van der Waals surface area contributed by atoms with E-state index in [1.54, 1.807) is 13.8 Å². The van der Waals surface area contributed by atoms with Gasteiger partial charge in [-0.15, -0.1) is 0 Å². The number of thiophene rings is 1. The molecule has 0 spiro atoms. The number of aliphatic hydroxyl groups excluding tert-OH is 1. The number of anilines is 1. The molecule has 0 amide bonds. The standard InChI is InChI=1S/C15H15N3O6S/c1-15(2)14(19)12(13-10(24-15)7-11(25-13)18(22)23)16-8-3-5-9(6-4-8)17(20)21/h3-7,12,14,16,19H,1-2H3. The lowest BCUT2D eigenvalue weighted by Crippen LogP contribution is -2.50. The Hall–Kier alpha value is -2.72. The zero-order valence-electron chi connectivity index (χ0n) is 13.3. The molecule has 0 bridgehead atoms. The molecule has 0 fully saturated rings. The van der Waals surface area contributed by atoms with Gasteiger partial charge >= 0.3 is 5.00 Å². The minimum Gasteiger partial charge on any atom is -0.484 e. The summed E-state index contributed by atoms with van der Waals surface area (Å²) in [5, 5.41) is 35.4. The highest BCUT2D eigenvalue weighted by molar-refractivity contribution is 7.15. The second-order valence-corrected chi connectivity index (χ2v) is 7.21. The van der Waals surface area contributed by atoms with Gasteiger partial charge in [0.2, 0.25) is 0 Å². The summed E-state index contributed by atoms with van der Waals surface area (Å²) in [4.78, 5) is 21.3. The highest BCUT2D eigenvalue weighted by Crippen LogP contribution is 2.48. The Labute approximate surface area is 146 Å². The molecule has 0 saturated heterocycles. The fourth-order valence-electron chi connectivity index (χ4n) is 2.65. The zero-order valence-corrected chi connectivity index (χ0v) is 14.1. The third-order valence-electron chi connectivity index (χ3n) is 3.98. The first kappa shape index (κ1) is 17.1. The van der Waals surface area contributed by atoms with Gasteiger partial charge in [-0.05, 0) is 26.0 Å². The Kier molecular flexibility index (Phi) is 4.09. The molecule has 2 atom stereocenters. The molecule has 1 aromatic carbocycles. The summed E-state index contributed by atoms with van der Waals surface area (Å²) in [6.07, 6.45) is -0.978. The monoisotopic (exact) mass is 365 g/mol. The van der Waals surface area contributed by atoms with E-state index < -0.39 is 27.6 Å². The molecule has 0 saturated carbocycles. The fraction of sp³-hybridized carbons (Fsp3) is 0.333. The minimum absolute atomic E-state index is 0.0501. The van der Waals surface area contributed by atoms with Gasteiger partial charge in [0.05, 0.1) is 26.8 Å². The Balaban J connectivity index is 1.96. The van der Waals surface area contributed by atoms with Crippen molar-refractivity contribution in [2.45, 2.75) is 31.6 Å². The van der Waals surface area contributed by atoms with Gasteiger partial charge in [-0.25, -0.2) is 0 Å². The first-order valence-electron chi connectivity index (χ1n) is 7.35. The first-order valence-corrected chi connectivity index (χ1v) is 8.17. The van der Waals surface area contributed by atoms with E-state index in [4.69, 9.17) is 4.74 Å². The van der Waals surface area contributed by atoms with Crippen LogP contribution in [-0.2, 0) is 0 Å². The number of benzene rings is 1. The summed E-state index contributed by atoms with van der Waals surface area (Å²) in [5.41, 5.74) is -0.458. The number of rotatable bonds is 4. The van der Waals surface area contributed by atoms with Crippen LogP contribution >= 0.6 is 11.3 Å². The van der Waals surface area contributed by atoms with E-state index in [0.717, 1.165) is 11.3 Å². The van der Waals surface area contributed by atoms with Crippen molar-refractivity contribution in [2.24, 2.45) is 0 Å². The number of nitro groups is 2. The molecular formula is C15H15N3O6S. The van der Waals surface area contributed by atoms with Gasteiger partial charge in [0.1, 0.15) is 17.5 Å². The van der Waals surface area contributed by atoms with E-state index in [1.165, 1.54) is 30.3 Å². The molecule has 2 N–H and O–H groups in total. The van der Waals surface area contributed by atoms with Gasteiger partial charge in [-0.1, -0.05) is 11.3 Å². The molecule has 9 nitrogen and oxygen atoms in total. The second kappa shape index (κ2) is 5.97. The van der Waals surface area contributed by atoms with Gasteiger partial charge in [0.25, 0.3) is 5.69 Å². The van der Waals surface area contributed by atoms with E-state index >= 15 is 0 Å². The predicted molar refractivity (Wildman–Crippen MR) is 91.1 cm³/mol. The molecule has 1 aliphatic rings. The smallest absolute Gasteiger partial charge is 0.328 e. The average Bonchev–Trinajstić information content (AvgIpc) is 2.95. The highest BCUT2D eigenvalue weighted by atomic mass is 32.1. The van der Waals surface area contributed by atoms with Crippen molar-refractivity contribution in [3.8, 4) is 5.75 Å². The Morgan fingerprint density at radius 2 is 1.84 bits per heavy atom. The average molecular weight is 365 g/mol. The van der Waals surface area contributed by atoms with Crippen molar-refractivity contribution in [2.75, 3.05) is 5.32 Å². The molecule has 1 aliphatic heterocycles. The Bertz CT molecular complexity index is 832. The van der Waals surface area contributed by atoms with Crippen molar-refractivity contribution in [1.29, 1.82) is 0 Å². The Morgan fingerprint density at radius 3 is 2.40 bits per heavy atom. The van der Waals surface area contributed by atoms with Gasteiger partial charge in [-0.3, -0.25) is 20.2 Å². The van der Waals surface area contributed by atoms with Gasteiger partial charge in [-0.2, -0.15) is 0 Å². The molecular weight excluding hydrogens is 350 g/mol. The maximum Gasteiger partial charge on any atom is 0.328 e.